The lowest BCUT2D eigenvalue weighted by Gasteiger charge is -2.15. The highest BCUT2D eigenvalue weighted by molar-refractivity contribution is 6.32. The van der Waals surface area contributed by atoms with Gasteiger partial charge in [0, 0.05) is 6.07 Å². The molecule has 2 N–H and O–H groups in total. The third-order valence-electron chi connectivity index (χ3n) is 3.38. The molecule has 0 aliphatic carbocycles. The number of carbonyl (C=O) groups excluding carboxylic acids is 1. The van der Waals surface area contributed by atoms with Crippen molar-refractivity contribution in [3.63, 3.8) is 0 Å². The molecule has 0 radical (unpaired) electrons. The van der Waals surface area contributed by atoms with Crippen molar-refractivity contribution in [3.05, 3.63) is 41.4 Å². The molecule has 0 bridgehead atoms. The van der Waals surface area contributed by atoms with Gasteiger partial charge < -0.3 is 24.8 Å². The Labute approximate surface area is 152 Å². The van der Waals surface area contributed by atoms with Crippen molar-refractivity contribution in [1.29, 1.82) is 0 Å². The molecule has 0 fully saturated rings. The normalized spacial score (nSPS) is 10.1. The van der Waals surface area contributed by atoms with Gasteiger partial charge in [0.2, 0.25) is 5.91 Å². The standard InChI is InChI=1S/C18H21ClN2O4/c1-4-25-18-13(19)6-5-7-15(18)20-11-17(22)21-14-9-8-12(23-2)10-16(14)24-3/h5-10,20H,4,11H2,1-3H3,(H,21,22). The molecular formula is C18H21ClN2O4. The number of amides is 1. The first-order chi connectivity index (χ1) is 12.1. The van der Waals surface area contributed by atoms with E-state index in [0.717, 1.165) is 0 Å². The predicted molar refractivity (Wildman–Crippen MR) is 99.3 cm³/mol. The number of halogens is 1. The van der Waals surface area contributed by atoms with E-state index < -0.39 is 0 Å². The van der Waals surface area contributed by atoms with Crippen LogP contribution in [-0.4, -0.2) is 33.3 Å². The van der Waals surface area contributed by atoms with E-state index in [1.54, 1.807) is 43.5 Å². The fourth-order valence-corrected chi connectivity index (χ4v) is 2.44. The molecule has 6 nitrogen and oxygen atoms in total. The van der Waals surface area contributed by atoms with Gasteiger partial charge in [0.1, 0.15) is 11.5 Å². The molecule has 2 rings (SSSR count). The lowest BCUT2D eigenvalue weighted by molar-refractivity contribution is -0.114. The molecule has 2 aromatic rings. The lowest BCUT2D eigenvalue weighted by Crippen LogP contribution is -2.22. The Morgan fingerprint density at radius 2 is 1.92 bits per heavy atom. The van der Waals surface area contributed by atoms with Gasteiger partial charge in [-0.05, 0) is 31.2 Å². The highest BCUT2D eigenvalue weighted by Gasteiger charge is 2.11. The van der Waals surface area contributed by atoms with E-state index in [1.807, 2.05) is 6.92 Å². The minimum atomic E-state index is -0.231. The van der Waals surface area contributed by atoms with Crippen molar-refractivity contribution in [3.8, 4) is 17.2 Å². The summed E-state index contributed by atoms with van der Waals surface area (Å²) in [5.74, 6) is 1.46. The van der Waals surface area contributed by atoms with Crippen molar-refractivity contribution in [2.45, 2.75) is 6.92 Å². The number of hydrogen-bond acceptors (Lipinski definition) is 5. The second kappa shape index (κ2) is 9.03. The Morgan fingerprint density at radius 3 is 2.60 bits per heavy atom. The molecular weight excluding hydrogens is 344 g/mol. The number of anilines is 2. The summed E-state index contributed by atoms with van der Waals surface area (Å²) in [7, 11) is 3.10. The zero-order chi connectivity index (χ0) is 18.2. The molecule has 0 aliphatic heterocycles. The Hall–Kier alpha value is -2.60. The van der Waals surface area contributed by atoms with Crippen LogP contribution < -0.4 is 24.8 Å². The Bertz CT molecular complexity index is 737. The van der Waals surface area contributed by atoms with Crippen LogP contribution in [0.3, 0.4) is 0 Å². The average Bonchev–Trinajstić information content (AvgIpc) is 2.62. The van der Waals surface area contributed by atoms with Gasteiger partial charge in [-0.15, -0.1) is 0 Å². The monoisotopic (exact) mass is 364 g/mol. The summed E-state index contributed by atoms with van der Waals surface area (Å²) in [4.78, 5) is 12.2. The minimum Gasteiger partial charge on any atom is -0.497 e. The van der Waals surface area contributed by atoms with Crippen LogP contribution in [0.25, 0.3) is 0 Å². The van der Waals surface area contributed by atoms with E-state index in [4.69, 9.17) is 25.8 Å². The van der Waals surface area contributed by atoms with Gasteiger partial charge in [-0.2, -0.15) is 0 Å². The van der Waals surface area contributed by atoms with Gasteiger partial charge in [0.25, 0.3) is 0 Å². The van der Waals surface area contributed by atoms with E-state index >= 15 is 0 Å². The van der Waals surface area contributed by atoms with E-state index in [1.165, 1.54) is 7.11 Å². The number of para-hydroxylation sites is 1. The number of benzene rings is 2. The van der Waals surface area contributed by atoms with Gasteiger partial charge in [0.05, 0.1) is 43.8 Å². The van der Waals surface area contributed by atoms with Crippen LogP contribution >= 0.6 is 11.6 Å². The summed E-state index contributed by atoms with van der Waals surface area (Å²) < 4.78 is 15.9. The van der Waals surface area contributed by atoms with E-state index in [9.17, 15) is 4.79 Å². The lowest BCUT2D eigenvalue weighted by atomic mass is 10.2. The van der Waals surface area contributed by atoms with E-state index in [2.05, 4.69) is 10.6 Å². The quantitative estimate of drug-likeness (QED) is 0.745. The number of rotatable bonds is 8. The number of hydrogen-bond donors (Lipinski definition) is 2. The van der Waals surface area contributed by atoms with Gasteiger partial charge in [-0.25, -0.2) is 0 Å². The second-order valence-corrected chi connectivity index (χ2v) is 5.42. The summed E-state index contributed by atoms with van der Waals surface area (Å²) in [6.07, 6.45) is 0. The van der Waals surface area contributed by atoms with Crippen LogP contribution in [0.5, 0.6) is 17.2 Å². The molecule has 0 unspecified atom stereocenters. The Balaban J connectivity index is 2.03. The maximum Gasteiger partial charge on any atom is 0.243 e. The molecule has 0 aromatic heterocycles. The molecule has 7 heteroatoms. The van der Waals surface area contributed by atoms with Crippen LogP contribution in [0.2, 0.25) is 5.02 Å². The number of methoxy groups -OCH3 is 2. The summed E-state index contributed by atoms with van der Waals surface area (Å²) in [5, 5.41) is 6.32. The van der Waals surface area contributed by atoms with Gasteiger partial charge >= 0.3 is 0 Å². The highest BCUT2D eigenvalue weighted by atomic mass is 35.5. The maximum atomic E-state index is 12.2. The summed E-state index contributed by atoms with van der Waals surface area (Å²) >= 11 is 6.13. The highest BCUT2D eigenvalue weighted by Crippen LogP contribution is 2.33. The maximum absolute atomic E-state index is 12.2. The van der Waals surface area contributed by atoms with Crippen LogP contribution in [0.15, 0.2) is 36.4 Å². The van der Waals surface area contributed by atoms with E-state index in [0.29, 0.717) is 40.3 Å². The molecule has 2 aromatic carbocycles. The van der Waals surface area contributed by atoms with E-state index in [-0.39, 0.29) is 12.5 Å². The summed E-state index contributed by atoms with van der Waals surface area (Å²) in [5.41, 5.74) is 1.22. The molecule has 0 heterocycles. The van der Waals surface area contributed by atoms with Crippen molar-refractivity contribution in [1.82, 2.24) is 0 Å². The smallest absolute Gasteiger partial charge is 0.243 e. The summed E-state index contributed by atoms with van der Waals surface area (Å²) in [6, 6.07) is 10.5. The Morgan fingerprint density at radius 1 is 1.12 bits per heavy atom. The molecule has 134 valence electrons. The third-order valence-corrected chi connectivity index (χ3v) is 3.68. The summed E-state index contributed by atoms with van der Waals surface area (Å²) in [6.45, 7) is 2.40. The van der Waals surface area contributed by atoms with Crippen molar-refractivity contribution >= 4 is 28.9 Å². The fourth-order valence-electron chi connectivity index (χ4n) is 2.21. The molecule has 0 saturated heterocycles. The van der Waals surface area contributed by atoms with Crippen molar-refractivity contribution < 1.29 is 19.0 Å². The molecule has 25 heavy (non-hydrogen) atoms. The zero-order valence-corrected chi connectivity index (χ0v) is 15.1. The number of nitrogens with one attached hydrogen (secondary N) is 2. The SMILES string of the molecule is CCOc1c(Cl)cccc1NCC(=O)Nc1ccc(OC)cc1OC. The minimum absolute atomic E-state index is 0.0512. The van der Waals surface area contributed by atoms with Gasteiger partial charge in [0.15, 0.2) is 5.75 Å². The van der Waals surface area contributed by atoms with Crippen molar-refractivity contribution in [2.24, 2.45) is 0 Å². The Kier molecular flexibility index (Phi) is 6.77. The zero-order valence-electron chi connectivity index (χ0n) is 14.4. The topological polar surface area (TPSA) is 68.8 Å². The molecule has 0 spiro atoms. The first kappa shape index (κ1) is 18.7. The number of carbonyl (C=O) groups is 1. The van der Waals surface area contributed by atoms with Gasteiger partial charge in [-0.3, -0.25) is 4.79 Å². The van der Waals surface area contributed by atoms with Crippen LogP contribution in [0.1, 0.15) is 6.92 Å². The largest absolute Gasteiger partial charge is 0.497 e. The fraction of sp³-hybridized carbons (Fsp3) is 0.278. The first-order valence-corrected chi connectivity index (χ1v) is 8.13. The molecule has 0 saturated carbocycles. The first-order valence-electron chi connectivity index (χ1n) is 7.76. The van der Waals surface area contributed by atoms with Crippen molar-refractivity contribution in [2.75, 3.05) is 38.0 Å². The number of ether oxygens (including phenoxy) is 3. The van der Waals surface area contributed by atoms with Crippen LogP contribution in [0, 0.1) is 0 Å². The van der Waals surface area contributed by atoms with Crippen LogP contribution in [-0.2, 0) is 4.79 Å². The predicted octanol–water partition coefficient (Wildman–Crippen LogP) is 3.81. The molecule has 1 amide bonds. The molecule has 0 atom stereocenters. The molecule has 0 aliphatic rings. The average molecular weight is 365 g/mol. The third kappa shape index (κ3) is 4.93. The van der Waals surface area contributed by atoms with Crippen LogP contribution in [0.4, 0.5) is 11.4 Å². The second-order valence-electron chi connectivity index (χ2n) is 5.02. The van der Waals surface area contributed by atoms with Gasteiger partial charge in [-0.1, -0.05) is 17.7 Å².